The van der Waals surface area contributed by atoms with Crippen LogP contribution in [-0.4, -0.2) is 21.2 Å². The second kappa shape index (κ2) is 12.6. The molecule has 2 atom stereocenters. The average Bonchev–Trinajstić information content (AvgIpc) is 3.32. The third kappa shape index (κ3) is 6.88. The Morgan fingerprint density at radius 1 is 1.08 bits per heavy atom. The number of hydrogen-bond donors (Lipinski definition) is 2. The number of carbonyl (C=O) groups excluding carboxylic acids is 1. The molecule has 3 aromatic carbocycles. The number of oxazole rings is 1. The van der Waals surface area contributed by atoms with E-state index in [1.165, 1.54) is 11.8 Å². The van der Waals surface area contributed by atoms with Gasteiger partial charge in [-0.05, 0) is 48.6 Å². The van der Waals surface area contributed by atoms with Gasteiger partial charge in [-0.3, -0.25) is 4.79 Å². The summed E-state index contributed by atoms with van der Waals surface area (Å²) in [6.45, 7) is 0. The molecule has 4 aromatic rings. The highest BCUT2D eigenvalue weighted by molar-refractivity contribution is 7.99. The van der Waals surface area contributed by atoms with Gasteiger partial charge < -0.3 is 15.3 Å². The van der Waals surface area contributed by atoms with E-state index in [9.17, 15) is 15.2 Å². The second-order valence-corrected chi connectivity index (χ2v) is 9.87. The molecule has 0 bridgehead atoms. The molecule has 0 fully saturated rings. The molecule has 0 saturated heterocycles. The van der Waals surface area contributed by atoms with Crippen LogP contribution in [0.25, 0.3) is 11.1 Å². The Labute approximate surface area is 220 Å². The number of benzene rings is 3. The van der Waals surface area contributed by atoms with Gasteiger partial charge in [0.25, 0.3) is 0 Å². The number of primary amides is 1. The van der Waals surface area contributed by atoms with Crippen LogP contribution in [0.1, 0.15) is 41.8 Å². The Kier molecular flexibility index (Phi) is 9.54. The minimum absolute atomic E-state index is 0. The molecule has 36 heavy (non-hydrogen) atoms. The van der Waals surface area contributed by atoms with Gasteiger partial charge in [0.1, 0.15) is 11.1 Å². The number of fused-ring (bicyclic) bond motifs is 1. The molecule has 0 aliphatic carbocycles. The van der Waals surface area contributed by atoms with Crippen molar-refractivity contribution in [1.82, 2.24) is 4.98 Å². The van der Waals surface area contributed by atoms with Crippen LogP contribution in [0.15, 0.2) is 83.3 Å². The topological polar surface area (TPSA) is 113 Å². The fourth-order valence-corrected chi connectivity index (χ4v) is 5.46. The highest BCUT2D eigenvalue weighted by atomic mass is 35.5. The van der Waals surface area contributed by atoms with E-state index in [0.717, 1.165) is 11.1 Å². The molecule has 186 valence electrons. The maximum absolute atomic E-state index is 12.0. The molecule has 2 unspecified atom stereocenters. The first kappa shape index (κ1) is 27.3. The molecule has 0 aliphatic rings. The van der Waals surface area contributed by atoms with Crippen molar-refractivity contribution in [2.75, 3.05) is 0 Å². The van der Waals surface area contributed by atoms with Gasteiger partial charge in [0, 0.05) is 17.4 Å². The molecule has 1 heterocycles. The van der Waals surface area contributed by atoms with Crippen LogP contribution in [0.5, 0.6) is 0 Å². The number of para-hydroxylation sites is 2. The van der Waals surface area contributed by atoms with E-state index in [0.29, 0.717) is 35.3 Å². The van der Waals surface area contributed by atoms with Crippen molar-refractivity contribution in [3.8, 4) is 6.07 Å². The van der Waals surface area contributed by atoms with Crippen molar-refractivity contribution >= 4 is 41.2 Å². The van der Waals surface area contributed by atoms with Gasteiger partial charge in [-0.1, -0.05) is 60.7 Å². The number of nitriles is 1. The standard InChI is InChI=1S/C28H27N3O3S.ClH/c29-18-21-10-4-5-11-22(21)19-35-23(16-26(30)32)17-28(33,15-14-20-8-2-1-3-9-20)27-31-24-12-6-7-13-25(24)34-27;/h1-13,23,33H,14-17,19H2,(H2,30,32);1H. The molecular weight excluding hydrogens is 494 g/mol. The Morgan fingerprint density at radius 3 is 2.50 bits per heavy atom. The fraction of sp³-hybridized carbons (Fsp3) is 0.250. The summed E-state index contributed by atoms with van der Waals surface area (Å²) >= 11 is 1.50. The quantitative estimate of drug-likeness (QED) is 0.269. The van der Waals surface area contributed by atoms with E-state index in [2.05, 4.69) is 11.1 Å². The molecule has 1 amide bonds. The van der Waals surface area contributed by atoms with Crippen LogP contribution in [0.2, 0.25) is 0 Å². The monoisotopic (exact) mass is 521 g/mol. The maximum Gasteiger partial charge on any atom is 0.227 e. The lowest BCUT2D eigenvalue weighted by molar-refractivity contribution is -0.118. The highest BCUT2D eigenvalue weighted by Gasteiger charge is 2.38. The molecule has 6 nitrogen and oxygen atoms in total. The van der Waals surface area contributed by atoms with E-state index in [4.69, 9.17) is 10.2 Å². The molecule has 0 aliphatic heterocycles. The first-order valence-electron chi connectivity index (χ1n) is 11.5. The van der Waals surface area contributed by atoms with Crippen molar-refractivity contribution in [2.24, 2.45) is 5.73 Å². The van der Waals surface area contributed by atoms with Crippen LogP contribution in [0, 0.1) is 11.3 Å². The number of halogens is 1. The van der Waals surface area contributed by atoms with E-state index < -0.39 is 11.5 Å². The third-order valence-electron chi connectivity index (χ3n) is 5.97. The first-order chi connectivity index (χ1) is 17.0. The number of nitrogens with zero attached hydrogens (tertiary/aromatic N) is 2. The minimum atomic E-state index is -1.41. The Balaban J connectivity index is 0.00000361. The summed E-state index contributed by atoms with van der Waals surface area (Å²) in [6.07, 6.45) is 1.30. The lowest BCUT2D eigenvalue weighted by Gasteiger charge is -2.29. The Morgan fingerprint density at radius 2 is 1.78 bits per heavy atom. The van der Waals surface area contributed by atoms with E-state index in [1.54, 1.807) is 6.07 Å². The van der Waals surface area contributed by atoms with Crippen molar-refractivity contribution < 1.29 is 14.3 Å². The number of nitrogens with two attached hydrogens (primary N) is 1. The lowest BCUT2D eigenvalue weighted by atomic mass is 9.89. The number of amides is 1. The maximum atomic E-state index is 12.0. The van der Waals surface area contributed by atoms with Crippen molar-refractivity contribution in [1.29, 1.82) is 5.26 Å². The summed E-state index contributed by atoms with van der Waals surface area (Å²) in [6, 6.07) is 26.9. The Hall–Kier alpha value is -3.31. The van der Waals surface area contributed by atoms with Crippen LogP contribution in [-0.2, 0) is 22.6 Å². The van der Waals surface area contributed by atoms with Gasteiger partial charge in [0.15, 0.2) is 5.58 Å². The predicted molar refractivity (Wildman–Crippen MR) is 145 cm³/mol. The zero-order valence-electron chi connectivity index (χ0n) is 19.7. The van der Waals surface area contributed by atoms with Crippen LogP contribution >= 0.6 is 24.2 Å². The summed E-state index contributed by atoms with van der Waals surface area (Å²) in [7, 11) is 0. The van der Waals surface area contributed by atoms with Gasteiger partial charge in [0.05, 0.1) is 11.6 Å². The number of rotatable bonds is 11. The van der Waals surface area contributed by atoms with E-state index in [1.807, 2.05) is 72.8 Å². The van der Waals surface area contributed by atoms with Gasteiger partial charge in [0.2, 0.25) is 11.8 Å². The molecule has 3 N–H and O–H groups in total. The van der Waals surface area contributed by atoms with Crippen molar-refractivity contribution in [3.63, 3.8) is 0 Å². The lowest BCUT2D eigenvalue weighted by Crippen LogP contribution is -2.33. The van der Waals surface area contributed by atoms with Crippen molar-refractivity contribution in [3.05, 3.63) is 101 Å². The Bertz CT molecular complexity index is 1310. The van der Waals surface area contributed by atoms with Crippen LogP contribution in [0.3, 0.4) is 0 Å². The zero-order valence-corrected chi connectivity index (χ0v) is 21.3. The number of aliphatic hydroxyl groups is 1. The third-order valence-corrected chi connectivity index (χ3v) is 7.25. The van der Waals surface area contributed by atoms with Crippen LogP contribution in [0.4, 0.5) is 0 Å². The molecule has 0 radical (unpaired) electrons. The minimum Gasteiger partial charge on any atom is -0.438 e. The molecule has 4 rings (SSSR count). The summed E-state index contributed by atoms with van der Waals surface area (Å²) < 4.78 is 6.00. The number of thioether (sulfide) groups is 1. The first-order valence-corrected chi connectivity index (χ1v) is 12.5. The number of aryl methyl sites for hydroxylation is 1. The number of hydrogen-bond acceptors (Lipinski definition) is 6. The zero-order chi connectivity index (χ0) is 24.7. The highest BCUT2D eigenvalue weighted by Crippen LogP contribution is 2.38. The summed E-state index contributed by atoms with van der Waals surface area (Å²) in [5.74, 6) is 0.311. The molecule has 0 saturated carbocycles. The summed E-state index contributed by atoms with van der Waals surface area (Å²) in [5.41, 5.74) is 8.00. The molecule has 8 heteroatoms. The SMILES string of the molecule is Cl.N#Cc1ccccc1CSC(CC(N)=O)CC(O)(CCc1ccccc1)c1nc2ccccc2o1. The number of carbonyl (C=O) groups is 1. The predicted octanol–water partition coefficient (Wildman–Crippen LogP) is 5.51. The normalized spacial score (nSPS) is 13.3. The van der Waals surface area contributed by atoms with E-state index >= 15 is 0 Å². The average molecular weight is 522 g/mol. The molecule has 0 spiro atoms. The van der Waals surface area contributed by atoms with Gasteiger partial charge in [-0.15, -0.1) is 12.4 Å². The molecule has 1 aromatic heterocycles. The molecular formula is C28H28ClN3O3S. The largest absolute Gasteiger partial charge is 0.438 e. The summed E-state index contributed by atoms with van der Waals surface area (Å²) in [5, 5.41) is 21.1. The smallest absolute Gasteiger partial charge is 0.227 e. The second-order valence-electron chi connectivity index (χ2n) is 8.58. The van der Waals surface area contributed by atoms with Gasteiger partial charge in [-0.2, -0.15) is 17.0 Å². The van der Waals surface area contributed by atoms with Crippen molar-refractivity contribution in [2.45, 2.75) is 42.3 Å². The van der Waals surface area contributed by atoms with Gasteiger partial charge >= 0.3 is 0 Å². The van der Waals surface area contributed by atoms with Crippen LogP contribution < -0.4 is 5.73 Å². The fourth-order valence-electron chi connectivity index (χ4n) is 4.12. The van der Waals surface area contributed by atoms with E-state index in [-0.39, 0.29) is 36.4 Å². The number of aromatic nitrogens is 1. The van der Waals surface area contributed by atoms with Gasteiger partial charge in [-0.25, -0.2) is 4.98 Å². The summed E-state index contributed by atoms with van der Waals surface area (Å²) in [4.78, 5) is 16.5.